The number of carbonyl (C=O) groups is 3. The van der Waals surface area contributed by atoms with Crippen molar-refractivity contribution in [3.63, 3.8) is 0 Å². The monoisotopic (exact) mass is 494 g/mol. The van der Waals surface area contributed by atoms with Crippen LogP contribution in [0.25, 0.3) is 0 Å². The van der Waals surface area contributed by atoms with Crippen LogP contribution in [0.4, 0.5) is 0 Å². The van der Waals surface area contributed by atoms with Gasteiger partial charge >= 0.3 is 5.97 Å². The Labute approximate surface area is 210 Å². The average Bonchev–Trinajstić information content (AvgIpc) is 3.45. The first kappa shape index (κ1) is 24.8. The molecule has 3 fully saturated rings. The van der Waals surface area contributed by atoms with Crippen LogP contribution in [0.1, 0.15) is 57.0 Å². The molecule has 3 N–H and O–H groups in total. The molecule has 4 aliphatic rings. The molecule has 0 radical (unpaired) electrons. The Morgan fingerprint density at radius 1 is 1.33 bits per heavy atom. The molecule has 0 amide bonds. The number of allylic oxidation sites excluding steroid dienone is 2. The summed E-state index contributed by atoms with van der Waals surface area (Å²) in [5.41, 5.74) is 2.76. The fourth-order valence-corrected chi connectivity index (χ4v) is 8.58. The van der Waals surface area contributed by atoms with Crippen LogP contribution in [0.3, 0.4) is 0 Å². The molecule has 0 aromatic carbocycles. The second-order valence-corrected chi connectivity index (χ2v) is 11.3. The summed E-state index contributed by atoms with van der Waals surface area (Å²) in [7, 11) is 0. The molecule has 3 saturated carbocycles. The van der Waals surface area contributed by atoms with Gasteiger partial charge < -0.3 is 20.0 Å². The average molecular weight is 495 g/mol. The lowest BCUT2D eigenvalue weighted by atomic mass is 9.42. The smallest absolute Gasteiger partial charge is 0.375 e. The van der Waals surface area contributed by atoms with Gasteiger partial charge in [-0.2, -0.15) is 0 Å². The van der Waals surface area contributed by atoms with Crippen LogP contribution >= 0.6 is 0 Å². The summed E-state index contributed by atoms with van der Waals surface area (Å²) in [5.74, 6) is -1.75. The Kier molecular flexibility index (Phi) is 5.58. The van der Waals surface area contributed by atoms with Gasteiger partial charge in [0.05, 0.1) is 18.9 Å². The maximum Gasteiger partial charge on any atom is 0.375 e. The Hall–Kier alpha value is -2.84. The van der Waals surface area contributed by atoms with Crippen LogP contribution in [0.5, 0.6) is 0 Å². The molecule has 1 aromatic heterocycles. The molecule has 2 unspecified atom stereocenters. The first-order chi connectivity index (χ1) is 17.0. The van der Waals surface area contributed by atoms with Crippen molar-refractivity contribution < 1.29 is 28.6 Å². The fraction of sp³-hybridized carbons (Fsp3) is 0.571. The molecule has 192 valence electrons. The van der Waals surface area contributed by atoms with Crippen molar-refractivity contribution in [1.29, 1.82) is 0 Å². The van der Waals surface area contributed by atoms with E-state index in [1.54, 1.807) is 18.2 Å². The minimum absolute atomic E-state index is 0.00822. The van der Waals surface area contributed by atoms with E-state index in [1.807, 2.05) is 26.8 Å². The lowest BCUT2D eigenvalue weighted by molar-refractivity contribution is -0.186. The third-order valence-electron chi connectivity index (χ3n) is 10.1. The van der Waals surface area contributed by atoms with Crippen LogP contribution < -0.4 is 5.73 Å². The van der Waals surface area contributed by atoms with Crippen molar-refractivity contribution in [3.05, 3.63) is 48.0 Å². The van der Waals surface area contributed by atoms with Gasteiger partial charge in [-0.25, -0.2) is 4.79 Å². The third kappa shape index (κ3) is 2.83. The molecule has 8 atom stereocenters. The number of fused-ring (bicyclic) bond motifs is 5. The van der Waals surface area contributed by atoms with Crippen molar-refractivity contribution in [2.45, 2.75) is 63.7 Å². The topological polar surface area (TPSA) is 132 Å². The molecular formula is C28H34N2O6. The number of carbonyl (C=O) groups excluding carboxylic acids is 3. The molecule has 0 aliphatic heterocycles. The standard InChI is InChI=1S/C28H34N2O6/c1-16-12-20-19-8-7-17-13-18(31)9-10-25(17,2)27(19,30-4)22(32)14-26(20,3)28(16,23(33)15-29)36-24(34)21-6-5-11-35-21/h5-6,9-11,13,16,19-20,22,32H,4,7-8,12,14-15,29H2,1-3H3/t16-,19?,20?,22+,25+,26+,27+,28+/m1/s1. The third-order valence-corrected chi connectivity index (χ3v) is 10.1. The Bertz CT molecular complexity index is 1190. The number of Topliss-reactive ketones (excluding diaryl/α,β-unsaturated/α-hetero) is 1. The molecule has 0 saturated heterocycles. The summed E-state index contributed by atoms with van der Waals surface area (Å²) in [4.78, 5) is 43.6. The number of aliphatic imine (C=N–C) groups is 1. The van der Waals surface area contributed by atoms with Crippen LogP contribution in [0.2, 0.25) is 0 Å². The minimum Gasteiger partial charge on any atom is -0.457 e. The van der Waals surface area contributed by atoms with Gasteiger partial charge in [0, 0.05) is 16.7 Å². The van der Waals surface area contributed by atoms with Gasteiger partial charge in [-0.05, 0) is 75.4 Å². The highest BCUT2D eigenvalue weighted by Crippen LogP contribution is 2.71. The second-order valence-electron chi connectivity index (χ2n) is 11.3. The van der Waals surface area contributed by atoms with Gasteiger partial charge in [0.2, 0.25) is 5.76 Å². The molecule has 5 rings (SSSR count). The number of ketones is 2. The number of aliphatic hydroxyl groups excluding tert-OH is 1. The van der Waals surface area contributed by atoms with Crippen LogP contribution in [0, 0.1) is 28.6 Å². The van der Waals surface area contributed by atoms with Crippen LogP contribution in [-0.2, 0) is 14.3 Å². The molecule has 4 aliphatic carbocycles. The number of nitrogens with two attached hydrogens (primary N) is 1. The summed E-state index contributed by atoms with van der Waals surface area (Å²) >= 11 is 0. The Morgan fingerprint density at radius 3 is 2.72 bits per heavy atom. The van der Waals surface area contributed by atoms with Crippen molar-refractivity contribution in [3.8, 4) is 0 Å². The molecule has 8 nitrogen and oxygen atoms in total. The number of ether oxygens (including phenoxy) is 1. The van der Waals surface area contributed by atoms with Crippen molar-refractivity contribution >= 4 is 24.3 Å². The molecule has 8 heteroatoms. The van der Waals surface area contributed by atoms with E-state index >= 15 is 0 Å². The number of nitrogens with zero attached hydrogens (tertiary/aromatic N) is 1. The molecule has 1 heterocycles. The van der Waals surface area contributed by atoms with E-state index in [4.69, 9.17) is 14.9 Å². The van der Waals surface area contributed by atoms with E-state index in [2.05, 4.69) is 11.7 Å². The first-order valence-corrected chi connectivity index (χ1v) is 12.6. The number of furan rings is 1. The Morgan fingerprint density at radius 2 is 2.08 bits per heavy atom. The number of rotatable bonds is 5. The normalized spacial score (nSPS) is 43.1. The van der Waals surface area contributed by atoms with Crippen molar-refractivity contribution in [2.75, 3.05) is 6.54 Å². The highest BCUT2D eigenvalue weighted by molar-refractivity contribution is 6.01. The summed E-state index contributed by atoms with van der Waals surface area (Å²) in [6, 6.07) is 3.08. The van der Waals surface area contributed by atoms with E-state index in [9.17, 15) is 19.5 Å². The largest absolute Gasteiger partial charge is 0.457 e. The zero-order chi connectivity index (χ0) is 26.1. The first-order valence-electron chi connectivity index (χ1n) is 12.6. The van der Waals surface area contributed by atoms with E-state index in [1.165, 1.54) is 12.3 Å². The van der Waals surface area contributed by atoms with Crippen LogP contribution in [0.15, 0.2) is 51.6 Å². The maximum atomic E-state index is 13.6. The zero-order valence-corrected chi connectivity index (χ0v) is 21.0. The fourth-order valence-electron chi connectivity index (χ4n) is 8.58. The minimum atomic E-state index is -1.53. The number of esters is 1. The highest BCUT2D eigenvalue weighted by Gasteiger charge is 2.76. The van der Waals surface area contributed by atoms with Gasteiger partial charge in [-0.3, -0.25) is 14.6 Å². The molecule has 1 aromatic rings. The highest BCUT2D eigenvalue weighted by atomic mass is 16.6. The molecule has 0 bridgehead atoms. The predicted octanol–water partition coefficient (Wildman–Crippen LogP) is 3.05. The maximum absolute atomic E-state index is 13.6. The van der Waals surface area contributed by atoms with E-state index in [0.717, 1.165) is 5.57 Å². The number of hydrogen-bond donors (Lipinski definition) is 2. The predicted molar refractivity (Wildman–Crippen MR) is 132 cm³/mol. The quantitative estimate of drug-likeness (QED) is 0.475. The molecule has 0 spiro atoms. The lowest BCUT2D eigenvalue weighted by Crippen LogP contribution is -2.71. The van der Waals surface area contributed by atoms with Gasteiger partial charge in [0.1, 0.15) is 5.54 Å². The molecule has 36 heavy (non-hydrogen) atoms. The summed E-state index contributed by atoms with van der Waals surface area (Å²) in [5, 5.41) is 11.9. The SMILES string of the molecule is C=N[C@]12C(CCC3=CC(=O)C=C[C@@]31C)C1C[C@@H](C)[C@](OC(=O)c3ccco3)(C(=O)CN)[C@@]1(C)C[C@@H]2O. The van der Waals surface area contributed by atoms with Crippen molar-refractivity contribution in [1.82, 2.24) is 0 Å². The van der Waals surface area contributed by atoms with Crippen molar-refractivity contribution in [2.24, 2.45) is 39.3 Å². The summed E-state index contributed by atoms with van der Waals surface area (Å²) in [6.45, 7) is 9.53. The Balaban J connectivity index is 1.64. The van der Waals surface area contributed by atoms with E-state index in [0.29, 0.717) is 19.3 Å². The van der Waals surface area contributed by atoms with Gasteiger partial charge in [0.25, 0.3) is 0 Å². The summed E-state index contributed by atoms with van der Waals surface area (Å²) in [6.07, 6.45) is 7.56. The van der Waals surface area contributed by atoms with Gasteiger partial charge in [-0.1, -0.05) is 25.5 Å². The molecular weight excluding hydrogens is 460 g/mol. The van der Waals surface area contributed by atoms with Gasteiger partial charge in [0.15, 0.2) is 17.2 Å². The number of aliphatic hydroxyl groups is 1. The van der Waals surface area contributed by atoms with Crippen LogP contribution in [-0.4, -0.2) is 53.1 Å². The lowest BCUT2D eigenvalue weighted by Gasteiger charge is -2.64. The van der Waals surface area contributed by atoms with E-state index < -0.39 is 34.0 Å². The number of hydrogen-bond acceptors (Lipinski definition) is 8. The second kappa shape index (κ2) is 8.08. The van der Waals surface area contributed by atoms with E-state index in [-0.39, 0.29) is 48.0 Å². The zero-order valence-electron chi connectivity index (χ0n) is 21.0. The summed E-state index contributed by atoms with van der Waals surface area (Å²) < 4.78 is 11.4. The van der Waals surface area contributed by atoms with Gasteiger partial charge in [-0.15, -0.1) is 0 Å².